The maximum Gasteiger partial charge on any atom is 0.510 e. The molecular weight excluding hydrogens is 345 g/mol. The van der Waals surface area contributed by atoms with Crippen LogP contribution in [0.3, 0.4) is 0 Å². The first-order valence-corrected chi connectivity index (χ1v) is 7.72. The van der Waals surface area contributed by atoms with Gasteiger partial charge in [-0.2, -0.15) is 0 Å². The molecule has 8 heteroatoms. The zero-order valence-electron chi connectivity index (χ0n) is 15.2. The minimum atomic E-state index is -2.28. The highest BCUT2D eigenvalue weighted by molar-refractivity contribution is 6.14. The molecule has 2 rings (SSSR count). The maximum absolute atomic E-state index is 14.3. The van der Waals surface area contributed by atoms with Crippen molar-refractivity contribution in [3.63, 3.8) is 0 Å². The molecule has 1 aromatic rings. The number of carbonyl (C=O) groups is 3. The van der Waals surface area contributed by atoms with Crippen molar-refractivity contribution in [2.24, 2.45) is 0 Å². The van der Waals surface area contributed by atoms with Gasteiger partial charge in [-0.1, -0.05) is 18.7 Å². The first kappa shape index (κ1) is 19.4. The third kappa shape index (κ3) is 3.02. The molecule has 0 spiro atoms. The first-order valence-electron chi connectivity index (χ1n) is 7.72. The summed E-state index contributed by atoms with van der Waals surface area (Å²) in [6, 6.07) is 3.85. The molecule has 1 heterocycles. The van der Waals surface area contributed by atoms with E-state index in [-0.39, 0.29) is 11.3 Å². The van der Waals surface area contributed by atoms with Crippen molar-refractivity contribution in [2.75, 3.05) is 19.1 Å². The largest absolute Gasteiger partial charge is 0.510 e. The Kier molecular flexibility index (Phi) is 4.81. The van der Waals surface area contributed by atoms with Crippen LogP contribution < -0.4 is 4.90 Å². The molecule has 0 saturated heterocycles. The Morgan fingerprint density at radius 1 is 1.27 bits per heavy atom. The minimum Gasteiger partial charge on any atom is -0.466 e. The van der Waals surface area contributed by atoms with E-state index >= 15 is 0 Å². The maximum atomic E-state index is 14.3. The standard InChI is InChI=1S/C18H20FNO6/c1-10(14(21)24-6)18(26-16(23)25-17(2,3)4)11-8-7-9-12(19)13(11)20(5)15(18)22/h7-9H,1H2,2-6H3. The predicted molar refractivity (Wildman–Crippen MR) is 90.0 cm³/mol. The van der Waals surface area contributed by atoms with E-state index in [4.69, 9.17) is 9.47 Å². The van der Waals surface area contributed by atoms with Crippen LogP contribution in [-0.2, 0) is 29.4 Å². The van der Waals surface area contributed by atoms with E-state index in [0.717, 1.165) is 18.1 Å². The molecule has 0 aliphatic carbocycles. The predicted octanol–water partition coefficient (Wildman–Crippen LogP) is 2.68. The number of methoxy groups -OCH3 is 1. The summed E-state index contributed by atoms with van der Waals surface area (Å²) in [4.78, 5) is 38.3. The van der Waals surface area contributed by atoms with Crippen LogP contribution >= 0.6 is 0 Å². The van der Waals surface area contributed by atoms with E-state index in [1.807, 2.05) is 0 Å². The lowest BCUT2D eigenvalue weighted by Gasteiger charge is -2.30. The molecule has 1 aliphatic heterocycles. The molecule has 26 heavy (non-hydrogen) atoms. The van der Waals surface area contributed by atoms with Crippen LogP contribution in [0.5, 0.6) is 0 Å². The lowest BCUT2D eigenvalue weighted by atomic mass is 9.87. The lowest BCUT2D eigenvalue weighted by molar-refractivity contribution is -0.146. The van der Waals surface area contributed by atoms with Crippen molar-refractivity contribution in [3.05, 3.63) is 41.7 Å². The van der Waals surface area contributed by atoms with Gasteiger partial charge in [0.1, 0.15) is 11.4 Å². The number of fused-ring (bicyclic) bond motifs is 1. The van der Waals surface area contributed by atoms with Gasteiger partial charge in [0.15, 0.2) is 0 Å². The summed E-state index contributed by atoms with van der Waals surface area (Å²) in [5.74, 6) is -2.56. The molecule has 0 bridgehead atoms. The Morgan fingerprint density at radius 3 is 2.42 bits per heavy atom. The molecule has 0 radical (unpaired) electrons. The molecule has 1 aromatic carbocycles. The zero-order valence-corrected chi connectivity index (χ0v) is 15.2. The fourth-order valence-corrected chi connectivity index (χ4v) is 2.71. The molecule has 0 fully saturated rings. The first-order chi connectivity index (χ1) is 12.0. The van der Waals surface area contributed by atoms with Gasteiger partial charge in [-0.3, -0.25) is 4.79 Å². The smallest absolute Gasteiger partial charge is 0.466 e. The third-order valence-electron chi connectivity index (χ3n) is 3.79. The highest BCUT2D eigenvalue weighted by atomic mass is 19.1. The number of amides is 1. The van der Waals surface area contributed by atoms with Gasteiger partial charge < -0.3 is 19.1 Å². The van der Waals surface area contributed by atoms with Crippen LogP contribution in [0.15, 0.2) is 30.4 Å². The number of halogens is 1. The molecule has 1 atom stereocenters. The number of benzene rings is 1. The number of anilines is 1. The number of hydrogen-bond acceptors (Lipinski definition) is 6. The second kappa shape index (κ2) is 6.44. The number of nitrogens with zero attached hydrogens (tertiary/aromatic N) is 1. The molecule has 140 valence electrons. The molecule has 0 saturated carbocycles. The van der Waals surface area contributed by atoms with Crippen LogP contribution in [0.4, 0.5) is 14.9 Å². The van der Waals surface area contributed by atoms with Crippen molar-refractivity contribution < 1.29 is 33.0 Å². The Morgan fingerprint density at radius 2 is 1.88 bits per heavy atom. The van der Waals surface area contributed by atoms with E-state index in [9.17, 15) is 18.8 Å². The number of para-hydroxylation sites is 1. The molecule has 1 aliphatic rings. The summed E-state index contributed by atoms with van der Waals surface area (Å²) in [6.45, 7) is 8.38. The van der Waals surface area contributed by atoms with Gasteiger partial charge in [-0.05, 0) is 26.8 Å². The fraction of sp³-hybridized carbons (Fsp3) is 0.389. The number of rotatable bonds is 3. The molecule has 0 N–H and O–H groups in total. The summed E-state index contributed by atoms with van der Waals surface area (Å²) in [6.07, 6.45) is -1.21. The summed E-state index contributed by atoms with van der Waals surface area (Å²) in [5.41, 5.74) is -3.81. The number of ether oxygens (including phenoxy) is 3. The van der Waals surface area contributed by atoms with Gasteiger partial charge in [0.05, 0.1) is 18.4 Å². The van der Waals surface area contributed by atoms with Gasteiger partial charge in [-0.15, -0.1) is 0 Å². The number of likely N-dealkylation sites (N-methyl/N-ethyl adjacent to an activating group) is 1. The van der Waals surface area contributed by atoms with Crippen LogP contribution in [-0.4, -0.2) is 37.8 Å². The van der Waals surface area contributed by atoms with Crippen LogP contribution in [0, 0.1) is 5.82 Å². The van der Waals surface area contributed by atoms with E-state index in [2.05, 4.69) is 11.3 Å². The van der Waals surface area contributed by atoms with E-state index in [1.165, 1.54) is 19.2 Å². The Bertz CT molecular complexity index is 797. The van der Waals surface area contributed by atoms with Gasteiger partial charge >= 0.3 is 12.1 Å². The Labute approximate surface area is 150 Å². The second-order valence-corrected chi connectivity index (χ2v) is 6.72. The monoisotopic (exact) mass is 365 g/mol. The van der Waals surface area contributed by atoms with Crippen molar-refractivity contribution in [1.29, 1.82) is 0 Å². The summed E-state index contributed by atoms with van der Waals surface area (Å²) in [7, 11) is 2.39. The highest BCUT2D eigenvalue weighted by Crippen LogP contribution is 2.47. The quantitative estimate of drug-likeness (QED) is 0.605. The summed E-state index contributed by atoms with van der Waals surface area (Å²) >= 11 is 0. The van der Waals surface area contributed by atoms with E-state index < -0.39 is 40.6 Å². The van der Waals surface area contributed by atoms with Crippen LogP contribution in [0.1, 0.15) is 26.3 Å². The normalized spacial score (nSPS) is 19.0. The van der Waals surface area contributed by atoms with Crippen molar-refractivity contribution in [2.45, 2.75) is 32.0 Å². The second-order valence-electron chi connectivity index (χ2n) is 6.72. The third-order valence-corrected chi connectivity index (χ3v) is 3.79. The fourth-order valence-electron chi connectivity index (χ4n) is 2.71. The average Bonchev–Trinajstić information content (AvgIpc) is 2.75. The van der Waals surface area contributed by atoms with Crippen molar-refractivity contribution in [3.8, 4) is 0 Å². The van der Waals surface area contributed by atoms with Gasteiger partial charge in [0.25, 0.3) is 11.5 Å². The topological polar surface area (TPSA) is 82.1 Å². The Hall–Kier alpha value is -2.90. The molecular formula is C18H20FNO6. The van der Waals surface area contributed by atoms with E-state index in [1.54, 1.807) is 20.8 Å². The highest BCUT2D eigenvalue weighted by Gasteiger charge is 2.59. The van der Waals surface area contributed by atoms with Crippen LogP contribution in [0.2, 0.25) is 0 Å². The summed E-state index contributed by atoms with van der Waals surface area (Å²) in [5, 5.41) is 0. The van der Waals surface area contributed by atoms with Crippen molar-refractivity contribution in [1.82, 2.24) is 0 Å². The number of hydrogen-bond donors (Lipinski definition) is 0. The molecule has 7 nitrogen and oxygen atoms in total. The number of carbonyl (C=O) groups excluding carboxylic acids is 3. The van der Waals surface area contributed by atoms with E-state index in [0.29, 0.717) is 0 Å². The van der Waals surface area contributed by atoms with Crippen LogP contribution in [0.25, 0.3) is 0 Å². The van der Waals surface area contributed by atoms with Gasteiger partial charge in [-0.25, -0.2) is 14.0 Å². The number of esters is 1. The SMILES string of the molecule is C=C(C(=O)OC)C1(OC(=O)OC(C)(C)C)C(=O)N(C)c2c(F)cccc21. The molecule has 1 amide bonds. The minimum absolute atomic E-state index is 0.0359. The lowest BCUT2D eigenvalue weighted by Crippen LogP contribution is -2.46. The summed E-state index contributed by atoms with van der Waals surface area (Å²) < 4.78 is 29.3. The van der Waals surface area contributed by atoms with Gasteiger partial charge in [0, 0.05) is 12.6 Å². The zero-order chi connectivity index (χ0) is 19.9. The molecule has 0 aromatic heterocycles. The van der Waals surface area contributed by atoms with Gasteiger partial charge in [0.2, 0.25) is 0 Å². The van der Waals surface area contributed by atoms with Crippen molar-refractivity contribution >= 4 is 23.7 Å². The average molecular weight is 365 g/mol. The Balaban J connectivity index is 2.65. The molecule has 1 unspecified atom stereocenters.